The summed E-state index contributed by atoms with van der Waals surface area (Å²) in [5.74, 6) is 2.24. The normalized spacial score (nSPS) is 10.1. The van der Waals surface area contributed by atoms with Gasteiger partial charge in [0.1, 0.15) is 13.1 Å². The average molecular weight is 244 g/mol. The van der Waals surface area contributed by atoms with Crippen LogP contribution in [0.4, 0.5) is 11.6 Å². The topological polar surface area (TPSA) is 31.8 Å². The Morgan fingerprint density at radius 1 is 0.778 bits per heavy atom. The summed E-state index contributed by atoms with van der Waals surface area (Å²) in [6.45, 7) is 1.76. The van der Waals surface area contributed by atoms with Crippen LogP contribution in [-0.4, -0.2) is 13.1 Å². The molecule has 0 radical (unpaired) electrons. The second-order valence-corrected chi connectivity index (χ2v) is 4.25. The summed E-state index contributed by atoms with van der Waals surface area (Å²) in [7, 11) is 4.07. The molecule has 0 spiro atoms. The Balaban J connectivity index is 1.80. The van der Waals surface area contributed by atoms with E-state index in [0.717, 1.165) is 24.7 Å². The van der Waals surface area contributed by atoms with Crippen molar-refractivity contribution in [2.75, 3.05) is 23.7 Å². The second-order valence-electron chi connectivity index (χ2n) is 4.25. The zero-order chi connectivity index (χ0) is 12.8. The molecule has 0 saturated carbocycles. The van der Waals surface area contributed by atoms with Crippen molar-refractivity contribution in [3.05, 3.63) is 48.8 Å². The van der Waals surface area contributed by atoms with Crippen LogP contribution in [0.25, 0.3) is 0 Å². The number of hydrogen-bond acceptors (Lipinski definition) is 2. The predicted octanol–water partition coefficient (Wildman–Crippen LogP) is 0.860. The molecular weight excluding hydrogens is 224 g/mol. The van der Waals surface area contributed by atoms with Crippen LogP contribution in [-0.2, 0) is 14.1 Å². The van der Waals surface area contributed by atoms with Crippen molar-refractivity contribution in [1.82, 2.24) is 0 Å². The van der Waals surface area contributed by atoms with Gasteiger partial charge in [0.05, 0.1) is 26.5 Å². The summed E-state index contributed by atoms with van der Waals surface area (Å²) < 4.78 is 4.14. The van der Waals surface area contributed by atoms with Gasteiger partial charge in [0.15, 0.2) is 0 Å². The molecule has 0 unspecified atom stereocenters. The van der Waals surface area contributed by atoms with E-state index in [1.807, 2.05) is 50.8 Å². The van der Waals surface area contributed by atoms with E-state index in [1.54, 1.807) is 0 Å². The molecule has 18 heavy (non-hydrogen) atoms. The molecule has 2 aromatic heterocycles. The predicted molar refractivity (Wildman–Crippen MR) is 72.2 cm³/mol. The van der Waals surface area contributed by atoms with E-state index in [4.69, 9.17) is 0 Å². The molecule has 0 aliphatic rings. The van der Waals surface area contributed by atoms with Gasteiger partial charge in [0.25, 0.3) is 11.6 Å². The summed E-state index contributed by atoms with van der Waals surface area (Å²) in [6, 6.07) is 12.3. The molecule has 2 N–H and O–H groups in total. The van der Waals surface area contributed by atoms with Gasteiger partial charge >= 0.3 is 0 Å². The fourth-order valence-electron chi connectivity index (χ4n) is 1.80. The Labute approximate surface area is 108 Å². The Morgan fingerprint density at radius 3 is 1.61 bits per heavy atom. The van der Waals surface area contributed by atoms with Crippen LogP contribution in [0.5, 0.6) is 0 Å². The molecule has 0 fully saturated rings. The molecule has 2 aromatic rings. The molecule has 0 amide bonds. The minimum atomic E-state index is 0.882. The van der Waals surface area contributed by atoms with E-state index >= 15 is 0 Å². The maximum absolute atomic E-state index is 3.39. The quantitative estimate of drug-likeness (QED) is 0.604. The van der Waals surface area contributed by atoms with Crippen molar-refractivity contribution in [2.24, 2.45) is 14.1 Å². The molecule has 0 saturated heterocycles. The number of anilines is 2. The van der Waals surface area contributed by atoms with Gasteiger partial charge in [0.2, 0.25) is 0 Å². The minimum Gasteiger partial charge on any atom is -0.270 e. The van der Waals surface area contributed by atoms with Gasteiger partial charge in [0, 0.05) is 12.1 Å². The Bertz CT molecular complexity index is 463. The highest BCUT2D eigenvalue weighted by molar-refractivity contribution is 5.30. The minimum absolute atomic E-state index is 0.882. The molecule has 4 nitrogen and oxygen atoms in total. The first-order chi connectivity index (χ1) is 8.77. The van der Waals surface area contributed by atoms with Crippen molar-refractivity contribution in [1.29, 1.82) is 0 Å². The molecule has 0 atom stereocenters. The molecule has 2 heterocycles. The van der Waals surface area contributed by atoms with Crippen LogP contribution in [0.15, 0.2) is 48.8 Å². The lowest BCUT2D eigenvalue weighted by Gasteiger charge is -2.03. The third-order valence-corrected chi connectivity index (χ3v) is 2.85. The smallest absolute Gasteiger partial charge is 0.270 e. The zero-order valence-corrected chi connectivity index (χ0v) is 10.9. The van der Waals surface area contributed by atoms with Crippen LogP contribution in [0, 0.1) is 0 Å². The molecule has 0 aromatic carbocycles. The maximum Gasteiger partial charge on any atom is 0.274 e. The standard InChI is InChI=1S/C14H18N4/c1-17-11-5-3-7-13(17)15-9-10-16-14-8-4-6-12-18(14)2/h3-8,11-12H,9-10H2,1-2H3/p+2. The van der Waals surface area contributed by atoms with Crippen LogP contribution >= 0.6 is 0 Å². The van der Waals surface area contributed by atoms with Gasteiger partial charge < -0.3 is 0 Å². The van der Waals surface area contributed by atoms with Crippen molar-refractivity contribution >= 4 is 11.6 Å². The third-order valence-electron chi connectivity index (χ3n) is 2.85. The Morgan fingerprint density at radius 2 is 1.22 bits per heavy atom. The summed E-state index contributed by atoms with van der Waals surface area (Å²) in [4.78, 5) is 0. The van der Waals surface area contributed by atoms with Crippen molar-refractivity contribution in [3.8, 4) is 0 Å². The largest absolute Gasteiger partial charge is 0.274 e. The Hall–Kier alpha value is -2.10. The number of aryl methyl sites for hydroxylation is 2. The van der Waals surface area contributed by atoms with Gasteiger partial charge in [-0.25, -0.2) is 9.13 Å². The molecular formula is C14H20N4+2. The summed E-state index contributed by atoms with van der Waals surface area (Å²) in [5, 5.41) is 6.79. The lowest BCUT2D eigenvalue weighted by molar-refractivity contribution is -0.657. The van der Waals surface area contributed by atoms with Gasteiger partial charge in [-0.3, -0.25) is 10.6 Å². The number of nitrogens with zero attached hydrogens (tertiary/aromatic N) is 2. The molecule has 4 heteroatoms. The monoisotopic (exact) mass is 244 g/mol. The van der Waals surface area contributed by atoms with Gasteiger partial charge in [-0.2, -0.15) is 0 Å². The van der Waals surface area contributed by atoms with Crippen molar-refractivity contribution in [3.63, 3.8) is 0 Å². The van der Waals surface area contributed by atoms with E-state index in [1.165, 1.54) is 0 Å². The SMILES string of the molecule is C[n+]1ccccc1NCCNc1cccc[n+]1C. The van der Waals surface area contributed by atoms with Crippen LogP contribution in [0.1, 0.15) is 0 Å². The molecule has 0 bridgehead atoms. The number of rotatable bonds is 5. The van der Waals surface area contributed by atoms with E-state index in [2.05, 4.69) is 31.9 Å². The first-order valence-corrected chi connectivity index (χ1v) is 6.14. The summed E-state index contributed by atoms with van der Waals surface area (Å²) in [6.07, 6.45) is 4.07. The Kier molecular flexibility index (Phi) is 4.12. The zero-order valence-electron chi connectivity index (χ0n) is 10.9. The fraction of sp³-hybridized carbons (Fsp3) is 0.286. The molecule has 2 rings (SSSR count). The van der Waals surface area contributed by atoms with Crippen molar-refractivity contribution in [2.45, 2.75) is 0 Å². The van der Waals surface area contributed by atoms with E-state index in [9.17, 15) is 0 Å². The molecule has 0 aliphatic heterocycles. The first kappa shape index (κ1) is 12.4. The lowest BCUT2D eigenvalue weighted by Crippen LogP contribution is -2.35. The highest BCUT2D eigenvalue weighted by Crippen LogP contribution is 1.98. The van der Waals surface area contributed by atoms with E-state index in [0.29, 0.717) is 0 Å². The maximum atomic E-state index is 3.39. The fourth-order valence-corrected chi connectivity index (χ4v) is 1.80. The average Bonchev–Trinajstić information content (AvgIpc) is 2.38. The van der Waals surface area contributed by atoms with Gasteiger partial charge in [-0.15, -0.1) is 0 Å². The van der Waals surface area contributed by atoms with Crippen LogP contribution < -0.4 is 19.8 Å². The number of aromatic nitrogens is 2. The van der Waals surface area contributed by atoms with E-state index in [-0.39, 0.29) is 0 Å². The van der Waals surface area contributed by atoms with Gasteiger partial charge in [-0.1, -0.05) is 12.1 Å². The first-order valence-electron chi connectivity index (χ1n) is 6.14. The second kappa shape index (κ2) is 6.00. The molecule has 0 aliphatic carbocycles. The number of hydrogen-bond donors (Lipinski definition) is 2. The van der Waals surface area contributed by atoms with Crippen molar-refractivity contribution < 1.29 is 9.13 Å². The van der Waals surface area contributed by atoms with Gasteiger partial charge in [-0.05, 0) is 12.1 Å². The summed E-state index contributed by atoms with van der Waals surface area (Å²) in [5.41, 5.74) is 0. The number of nitrogens with one attached hydrogen (secondary N) is 2. The van der Waals surface area contributed by atoms with Crippen LogP contribution in [0.2, 0.25) is 0 Å². The number of pyridine rings is 2. The third kappa shape index (κ3) is 3.20. The lowest BCUT2D eigenvalue weighted by atomic mass is 10.4. The summed E-state index contributed by atoms with van der Waals surface area (Å²) >= 11 is 0. The highest BCUT2D eigenvalue weighted by Gasteiger charge is 2.05. The van der Waals surface area contributed by atoms with Crippen LogP contribution in [0.3, 0.4) is 0 Å². The molecule has 94 valence electrons. The van der Waals surface area contributed by atoms with E-state index < -0.39 is 0 Å². The highest BCUT2D eigenvalue weighted by atomic mass is 15.1.